The van der Waals surface area contributed by atoms with Crippen LogP contribution in [0.5, 0.6) is 0 Å². The van der Waals surface area contributed by atoms with Crippen molar-refractivity contribution in [2.45, 2.75) is 20.0 Å². The van der Waals surface area contributed by atoms with Crippen LogP contribution in [0.3, 0.4) is 0 Å². The van der Waals surface area contributed by atoms with Crippen molar-refractivity contribution in [3.63, 3.8) is 0 Å². The lowest BCUT2D eigenvalue weighted by Crippen LogP contribution is -2.12. The Labute approximate surface area is 123 Å². The highest BCUT2D eigenvalue weighted by Gasteiger charge is 2.07. The fourth-order valence-corrected chi connectivity index (χ4v) is 2.45. The van der Waals surface area contributed by atoms with E-state index < -0.39 is 0 Å². The van der Waals surface area contributed by atoms with Crippen LogP contribution < -0.4 is 5.32 Å². The minimum absolute atomic E-state index is 0.173. The molecule has 4 heteroatoms. The first-order valence-corrected chi connectivity index (χ1v) is 7.16. The van der Waals surface area contributed by atoms with Crippen LogP contribution in [-0.2, 0) is 13.1 Å². The second kappa shape index (κ2) is 6.06. The van der Waals surface area contributed by atoms with Gasteiger partial charge in [-0.25, -0.2) is 9.37 Å². The summed E-state index contributed by atoms with van der Waals surface area (Å²) in [4.78, 5) is 4.34. The molecule has 1 aromatic heterocycles. The maximum absolute atomic E-state index is 14.0. The minimum atomic E-state index is -0.173. The van der Waals surface area contributed by atoms with Gasteiger partial charge in [-0.15, -0.1) is 0 Å². The van der Waals surface area contributed by atoms with Crippen LogP contribution >= 0.6 is 0 Å². The van der Waals surface area contributed by atoms with E-state index in [0.717, 1.165) is 29.7 Å². The van der Waals surface area contributed by atoms with Crippen molar-refractivity contribution in [1.29, 1.82) is 0 Å². The van der Waals surface area contributed by atoms with Gasteiger partial charge in [-0.1, -0.05) is 25.1 Å². The summed E-state index contributed by atoms with van der Waals surface area (Å²) in [5.41, 5.74) is 3.74. The summed E-state index contributed by atoms with van der Waals surface area (Å²) in [6.07, 6.45) is 1.76. The van der Waals surface area contributed by atoms with Gasteiger partial charge in [0.2, 0.25) is 0 Å². The van der Waals surface area contributed by atoms with E-state index in [2.05, 4.69) is 17.2 Å². The van der Waals surface area contributed by atoms with E-state index in [1.807, 2.05) is 41.0 Å². The normalized spacial score (nSPS) is 11.1. The standard InChI is InChI=1S/C17H18FN3/c1-2-19-10-13-7-8-15(18)14(9-13)11-21-12-20-16-5-3-4-6-17(16)21/h3-9,12,19H,2,10-11H2,1H3. The number of nitrogens with one attached hydrogen (secondary N) is 1. The molecule has 0 fully saturated rings. The van der Waals surface area contributed by atoms with Gasteiger partial charge in [0.05, 0.1) is 23.9 Å². The maximum Gasteiger partial charge on any atom is 0.128 e. The van der Waals surface area contributed by atoms with E-state index in [0.29, 0.717) is 12.1 Å². The lowest BCUT2D eigenvalue weighted by molar-refractivity contribution is 0.599. The number of halogens is 1. The number of rotatable bonds is 5. The van der Waals surface area contributed by atoms with Crippen molar-refractivity contribution in [1.82, 2.24) is 14.9 Å². The second-order valence-corrected chi connectivity index (χ2v) is 5.07. The Morgan fingerprint density at radius 2 is 2.05 bits per heavy atom. The zero-order chi connectivity index (χ0) is 14.7. The molecule has 3 rings (SSSR count). The zero-order valence-corrected chi connectivity index (χ0v) is 12.0. The van der Waals surface area contributed by atoms with Gasteiger partial charge in [-0.3, -0.25) is 0 Å². The summed E-state index contributed by atoms with van der Waals surface area (Å²) in [6, 6.07) is 13.2. The number of benzene rings is 2. The fourth-order valence-electron chi connectivity index (χ4n) is 2.45. The molecule has 0 aliphatic heterocycles. The van der Waals surface area contributed by atoms with Crippen molar-refractivity contribution in [3.8, 4) is 0 Å². The highest BCUT2D eigenvalue weighted by molar-refractivity contribution is 5.75. The van der Waals surface area contributed by atoms with Crippen LogP contribution in [0.25, 0.3) is 11.0 Å². The molecule has 0 unspecified atom stereocenters. The molecule has 3 aromatic rings. The first-order valence-electron chi connectivity index (χ1n) is 7.16. The summed E-state index contributed by atoms with van der Waals surface area (Å²) < 4.78 is 16.0. The van der Waals surface area contributed by atoms with Gasteiger partial charge in [-0.05, 0) is 36.4 Å². The molecule has 0 saturated carbocycles. The van der Waals surface area contributed by atoms with E-state index in [9.17, 15) is 4.39 Å². The average Bonchev–Trinajstić information content (AvgIpc) is 2.91. The van der Waals surface area contributed by atoms with E-state index in [1.165, 1.54) is 0 Å². The van der Waals surface area contributed by atoms with Crippen LogP contribution in [0.2, 0.25) is 0 Å². The SMILES string of the molecule is CCNCc1ccc(F)c(Cn2cnc3ccccc32)c1. The summed E-state index contributed by atoms with van der Waals surface area (Å²) in [5.74, 6) is -0.173. The summed E-state index contributed by atoms with van der Waals surface area (Å²) >= 11 is 0. The molecule has 0 saturated heterocycles. The molecule has 0 aliphatic rings. The largest absolute Gasteiger partial charge is 0.326 e. The van der Waals surface area contributed by atoms with E-state index >= 15 is 0 Å². The molecule has 0 radical (unpaired) electrons. The van der Waals surface area contributed by atoms with E-state index in [-0.39, 0.29) is 5.82 Å². The number of hydrogen-bond donors (Lipinski definition) is 1. The van der Waals surface area contributed by atoms with Crippen molar-refractivity contribution >= 4 is 11.0 Å². The Hall–Kier alpha value is -2.20. The lowest BCUT2D eigenvalue weighted by Gasteiger charge is -2.09. The summed E-state index contributed by atoms with van der Waals surface area (Å²) in [7, 11) is 0. The Morgan fingerprint density at radius 1 is 1.19 bits per heavy atom. The first kappa shape index (κ1) is 13.8. The lowest BCUT2D eigenvalue weighted by atomic mass is 10.1. The molecule has 3 nitrogen and oxygen atoms in total. The van der Waals surface area contributed by atoms with Crippen molar-refractivity contribution < 1.29 is 4.39 Å². The van der Waals surface area contributed by atoms with Crippen LogP contribution in [0.4, 0.5) is 4.39 Å². The molecule has 108 valence electrons. The van der Waals surface area contributed by atoms with Gasteiger partial charge in [0.15, 0.2) is 0 Å². The van der Waals surface area contributed by atoms with E-state index in [1.54, 1.807) is 12.4 Å². The number of imidazole rings is 1. The highest BCUT2D eigenvalue weighted by Crippen LogP contribution is 2.17. The third kappa shape index (κ3) is 2.95. The number of nitrogens with zero attached hydrogens (tertiary/aromatic N) is 2. The molecule has 0 atom stereocenters. The smallest absolute Gasteiger partial charge is 0.128 e. The number of para-hydroxylation sites is 2. The van der Waals surface area contributed by atoms with Crippen LogP contribution in [0.1, 0.15) is 18.1 Å². The Kier molecular flexibility index (Phi) is 3.97. The zero-order valence-electron chi connectivity index (χ0n) is 12.0. The van der Waals surface area contributed by atoms with Crippen molar-refractivity contribution in [2.24, 2.45) is 0 Å². The highest BCUT2D eigenvalue weighted by atomic mass is 19.1. The first-order chi connectivity index (χ1) is 10.3. The Balaban J connectivity index is 1.90. The molecule has 0 amide bonds. The molecule has 1 N–H and O–H groups in total. The van der Waals surface area contributed by atoms with Gasteiger partial charge >= 0.3 is 0 Å². The summed E-state index contributed by atoms with van der Waals surface area (Å²) in [5, 5.41) is 3.26. The fraction of sp³-hybridized carbons (Fsp3) is 0.235. The predicted octanol–water partition coefficient (Wildman–Crippen LogP) is 3.33. The van der Waals surface area contributed by atoms with Crippen LogP contribution in [0, 0.1) is 5.82 Å². The Bertz CT molecular complexity index is 749. The number of aromatic nitrogens is 2. The molecule has 21 heavy (non-hydrogen) atoms. The Morgan fingerprint density at radius 3 is 2.90 bits per heavy atom. The molecular weight excluding hydrogens is 265 g/mol. The van der Waals surface area contributed by atoms with Crippen LogP contribution in [-0.4, -0.2) is 16.1 Å². The summed E-state index contributed by atoms with van der Waals surface area (Å²) in [6.45, 7) is 4.21. The molecule has 0 bridgehead atoms. The topological polar surface area (TPSA) is 29.9 Å². The van der Waals surface area contributed by atoms with Gasteiger partial charge < -0.3 is 9.88 Å². The molecule has 1 heterocycles. The van der Waals surface area contributed by atoms with Crippen molar-refractivity contribution in [2.75, 3.05) is 6.54 Å². The average molecular weight is 283 g/mol. The monoisotopic (exact) mass is 283 g/mol. The molecule has 2 aromatic carbocycles. The van der Waals surface area contributed by atoms with Crippen LogP contribution in [0.15, 0.2) is 48.8 Å². The quantitative estimate of drug-likeness (QED) is 0.778. The van der Waals surface area contributed by atoms with Crippen molar-refractivity contribution in [3.05, 3.63) is 65.7 Å². The predicted molar refractivity (Wildman–Crippen MR) is 82.6 cm³/mol. The number of fused-ring (bicyclic) bond motifs is 1. The third-order valence-corrected chi connectivity index (χ3v) is 3.56. The second-order valence-electron chi connectivity index (χ2n) is 5.07. The molecular formula is C17H18FN3. The maximum atomic E-state index is 14.0. The third-order valence-electron chi connectivity index (χ3n) is 3.56. The minimum Gasteiger partial charge on any atom is -0.326 e. The van der Waals surface area contributed by atoms with Gasteiger partial charge in [0.1, 0.15) is 5.82 Å². The van der Waals surface area contributed by atoms with Gasteiger partial charge in [0, 0.05) is 12.1 Å². The van der Waals surface area contributed by atoms with Gasteiger partial charge in [0.25, 0.3) is 0 Å². The van der Waals surface area contributed by atoms with Gasteiger partial charge in [-0.2, -0.15) is 0 Å². The molecule has 0 aliphatic carbocycles. The number of hydrogen-bond acceptors (Lipinski definition) is 2. The molecule has 0 spiro atoms. The van der Waals surface area contributed by atoms with E-state index in [4.69, 9.17) is 0 Å².